The number of benzene rings is 2. The zero-order valence-electron chi connectivity index (χ0n) is 16.6. The van der Waals surface area contributed by atoms with Crippen LogP contribution in [0.2, 0.25) is 0 Å². The third kappa shape index (κ3) is 3.20. The smallest absolute Gasteiger partial charge is 0.267 e. The number of aromatic amines is 1. The standard InChI is InChI=1S/C24H25N3O2/c1-27(24(29)20-10-5-8-15-7-4-9-19(15)20)18-13-17(14-18)25-23(28)22-12-16-6-2-3-11-21(16)26-22/h2-3,5-6,8,10-12,17-18,26H,4,7,9,13-14H2,1H3,(H,25,28). The average molecular weight is 387 g/mol. The van der Waals surface area contributed by atoms with E-state index in [1.54, 1.807) is 0 Å². The lowest BCUT2D eigenvalue weighted by molar-refractivity contribution is 0.0583. The fraction of sp³-hybridized carbons (Fsp3) is 0.333. The van der Waals surface area contributed by atoms with Crippen molar-refractivity contribution in [3.8, 4) is 0 Å². The summed E-state index contributed by atoms with van der Waals surface area (Å²) < 4.78 is 0. The minimum atomic E-state index is -0.0838. The molecule has 2 N–H and O–H groups in total. The first kappa shape index (κ1) is 18.0. The van der Waals surface area contributed by atoms with Gasteiger partial charge in [-0.2, -0.15) is 0 Å². The highest BCUT2D eigenvalue weighted by molar-refractivity contribution is 5.98. The first-order valence-electron chi connectivity index (χ1n) is 10.4. The van der Waals surface area contributed by atoms with Gasteiger partial charge in [0.2, 0.25) is 0 Å². The molecule has 148 valence electrons. The lowest BCUT2D eigenvalue weighted by Crippen LogP contribution is -2.54. The van der Waals surface area contributed by atoms with Crippen LogP contribution >= 0.6 is 0 Å². The molecule has 0 radical (unpaired) electrons. The third-order valence-electron chi connectivity index (χ3n) is 6.47. The predicted molar refractivity (Wildman–Crippen MR) is 113 cm³/mol. The Kier molecular flexibility index (Phi) is 4.38. The van der Waals surface area contributed by atoms with Gasteiger partial charge in [0.1, 0.15) is 5.69 Å². The largest absolute Gasteiger partial charge is 0.351 e. The summed E-state index contributed by atoms with van der Waals surface area (Å²) in [5.41, 5.74) is 4.95. The summed E-state index contributed by atoms with van der Waals surface area (Å²) >= 11 is 0. The van der Waals surface area contributed by atoms with E-state index in [4.69, 9.17) is 0 Å². The number of fused-ring (bicyclic) bond motifs is 2. The summed E-state index contributed by atoms with van der Waals surface area (Å²) in [5.74, 6) is 0.0219. The van der Waals surface area contributed by atoms with Gasteiger partial charge in [-0.25, -0.2) is 0 Å². The molecule has 0 saturated heterocycles. The third-order valence-corrected chi connectivity index (χ3v) is 6.47. The van der Waals surface area contributed by atoms with Crippen LogP contribution in [0.4, 0.5) is 0 Å². The van der Waals surface area contributed by atoms with Gasteiger partial charge in [0.05, 0.1) is 0 Å². The lowest BCUT2D eigenvalue weighted by atomic mass is 9.85. The van der Waals surface area contributed by atoms with Crippen LogP contribution in [-0.4, -0.2) is 40.8 Å². The minimum Gasteiger partial charge on any atom is -0.351 e. The summed E-state index contributed by atoms with van der Waals surface area (Å²) in [7, 11) is 1.89. The number of para-hydroxylation sites is 1. The number of aryl methyl sites for hydroxylation is 1. The zero-order chi connectivity index (χ0) is 20.0. The molecule has 2 amide bonds. The van der Waals surface area contributed by atoms with Crippen molar-refractivity contribution in [3.05, 3.63) is 70.9 Å². The molecule has 0 unspecified atom stereocenters. The van der Waals surface area contributed by atoms with Crippen LogP contribution in [0.3, 0.4) is 0 Å². The number of nitrogens with zero attached hydrogens (tertiary/aromatic N) is 1. The van der Waals surface area contributed by atoms with Gasteiger partial charge in [-0.05, 0) is 61.4 Å². The number of amides is 2. The molecule has 29 heavy (non-hydrogen) atoms. The maximum absolute atomic E-state index is 13.0. The Labute approximate surface area is 170 Å². The topological polar surface area (TPSA) is 65.2 Å². The van der Waals surface area contributed by atoms with Gasteiger partial charge >= 0.3 is 0 Å². The van der Waals surface area contributed by atoms with E-state index < -0.39 is 0 Å². The van der Waals surface area contributed by atoms with E-state index in [1.165, 1.54) is 11.1 Å². The summed E-state index contributed by atoms with van der Waals surface area (Å²) in [6.45, 7) is 0. The summed E-state index contributed by atoms with van der Waals surface area (Å²) in [6.07, 6.45) is 4.80. The number of H-pyrrole nitrogens is 1. The Morgan fingerprint density at radius 1 is 1.07 bits per heavy atom. The number of carbonyl (C=O) groups is 2. The van der Waals surface area contributed by atoms with Crippen molar-refractivity contribution < 1.29 is 9.59 Å². The number of nitrogens with one attached hydrogen (secondary N) is 2. The minimum absolute atomic E-state index is 0.0838. The van der Waals surface area contributed by atoms with Crippen molar-refractivity contribution in [2.45, 2.75) is 44.2 Å². The molecule has 0 aliphatic heterocycles. The Balaban J connectivity index is 1.20. The summed E-state index contributed by atoms with van der Waals surface area (Å²) in [6, 6.07) is 16.1. The second-order valence-electron chi connectivity index (χ2n) is 8.28. The molecular weight excluding hydrogens is 362 g/mol. The number of hydrogen-bond acceptors (Lipinski definition) is 2. The molecule has 0 atom stereocenters. The van der Waals surface area contributed by atoms with Gasteiger partial charge in [0.15, 0.2) is 0 Å². The van der Waals surface area contributed by atoms with E-state index in [2.05, 4.69) is 16.4 Å². The maximum atomic E-state index is 13.0. The van der Waals surface area contributed by atoms with Gasteiger partial charge in [-0.1, -0.05) is 30.3 Å². The molecule has 1 heterocycles. The lowest BCUT2D eigenvalue weighted by Gasteiger charge is -2.41. The number of hydrogen-bond donors (Lipinski definition) is 2. The van der Waals surface area contributed by atoms with Crippen molar-refractivity contribution in [2.24, 2.45) is 0 Å². The van der Waals surface area contributed by atoms with Crippen LogP contribution in [0.25, 0.3) is 10.9 Å². The van der Waals surface area contributed by atoms with Gasteiger partial charge in [-0.3, -0.25) is 9.59 Å². The molecule has 3 aromatic rings. The van der Waals surface area contributed by atoms with Gasteiger partial charge in [-0.15, -0.1) is 0 Å². The molecule has 2 aliphatic carbocycles. The molecule has 1 aromatic heterocycles. The average Bonchev–Trinajstić information content (AvgIpc) is 3.35. The van der Waals surface area contributed by atoms with Crippen molar-refractivity contribution in [3.63, 3.8) is 0 Å². The first-order valence-corrected chi connectivity index (χ1v) is 10.4. The van der Waals surface area contributed by atoms with E-state index >= 15 is 0 Å². The molecule has 2 aromatic carbocycles. The second-order valence-corrected chi connectivity index (χ2v) is 8.28. The Morgan fingerprint density at radius 2 is 1.90 bits per heavy atom. The predicted octanol–water partition coefficient (Wildman–Crippen LogP) is 3.69. The maximum Gasteiger partial charge on any atom is 0.267 e. The molecule has 1 saturated carbocycles. The fourth-order valence-corrected chi connectivity index (χ4v) is 4.66. The monoisotopic (exact) mass is 387 g/mol. The van der Waals surface area contributed by atoms with E-state index in [0.29, 0.717) is 5.69 Å². The molecule has 2 aliphatic rings. The Hall–Kier alpha value is -3.08. The Morgan fingerprint density at radius 3 is 2.72 bits per heavy atom. The van der Waals surface area contributed by atoms with E-state index in [1.807, 2.05) is 54.4 Å². The quantitative estimate of drug-likeness (QED) is 0.717. The van der Waals surface area contributed by atoms with Crippen LogP contribution in [0.15, 0.2) is 48.5 Å². The van der Waals surface area contributed by atoms with Crippen LogP contribution in [0.5, 0.6) is 0 Å². The van der Waals surface area contributed by atoms with Crippen LogP contribution in [0.1, 0.15) is 51.2 Å². The second kappa shape index (κ2) is 7.07. The van der Waals surface area contributed by atoms with Crippen LogP contribution < -0.4 is 5.32 Å². The molecular formula is C24H25N3O2. The van der Waals surface area contributed by atoms with Gasteiger partial charge < -0.3 is 15.2 Å². The number of rotatable bonds is 4. The normalized spacial score (nSPS) is 20.2. The molecule has 5 nitrogen and oxygen atoms in total. The molecule has 0 spiro atoms. The highest BCUT2D eigenvalue weighted by atomic mass is 16.2. The van der Waals surface area contributed by atoms with Crippen molar-refractivity contribution in [1.82, 2.24) is 15.2 Å². The highest BCUT2D eigenvalue weighted by Crippen LogP contribution is 2.30. The summed E-state index contributed by atoms with van der Waals surface area (Å²) in [5, 5.41) is 4.12. The van der Waals surface area contributed by atoms with Gasteiger partial charge in [0.25, 0.3) is 11.8 Å². The van der Waals surface area contributed by atoms with Crippen molar-refractivity contribution >= 4 is 22.7 Å². The zero-order valence-corrected chi connectivity index (χ0v) is 16.6. The van der Waals surface area contributed by atoms with Crippen LogP contribution in [-0.2, 0) is 12.8 Å². The number of aromatic nitrogens is 1. The molecule has 1 fully saturated rings. The van der Waals surface area contributed by atoms with Crippen molar-refractivity contribution in [2.75, 3.05) is 7.05 Å². The van der Waals surface area contributed by atoms with E-state index in [9.17, 15) is 9.59 Å². The van der Waals surface area contributed by atoms with Gasteiger partial charge in [0, 0.05) is 35.6 Å². The summed E-state index contributed by atoms with van der Waals surface area (Å²) in [4.78, 5) is 30.6. The van der Waals surface area contributed by atoms with E-state index in [-0.39, 0.29) is 23.9 Å². The van der Waals surface area contributed by atoms with E-state index in [0.717, 1.165) is 48.6 Å². The molecule has 5 rings (SSSR count). The van der Waals surface area contributed by atoms with Crippen LogP contribution in [0, 0.1) is 0 Å². The number of carbonyl (C=O) groups excluding carboxylic acids is 2. The molecule has 0 bridgehead atoms. The first-order chi connectivity index (χ1) is 14.1. The fourth-order valence-electron chi connectivity index (χ4n) is 4.66. The molecule has 5 heteroatoms. The Bertz CT molecular complexity index is 1060. The SMILES string of the molecule is CN(C(=O)c1cccc2c1CCC2)C1CC(NC(=O)c2cc3ccccc3[nH]2)C1. The van der Waals surface area contributed by atoms with Crippen molar-refractivity contribution in [1.29, 1.82) is 0 Å². The highest BCUT2D eigenvalue weighted by Gasteiger charge is 2.36.